The summed E-state index contributed by atoms with van der Waals surface area (Å²) in [5, 5.41) is 9.18. The predicted octanol–water partition coefficient (Wildman–Crippen LogP) is 1.93. The van der Waals surface area contributed by atoms with Gasteiger partial charge in [0.25, 0.3) is 0 Å². The number of aliphatic hydroxyl groups excluding tert-OH is 1. The van der Waals surface area contributed by atoms with Gasteiger partial charge in [0.15, 0.2) is 5.75 Å². The SMILES string of the molecule is CCCCOc1cnc(C(C)(C)CO)nc1. The third-order valence-corrected chi connectivity index (χ3v) is 2.40. The van der Waals surface area contributed by atoms with E-state index >= 15 is 0 Å². The van der Waals surface area contributed by atoms with Crippen LogP contribution in [0, 0.1) is 0 Å². The number of aliphatic hydroxyl groups is 1. The Balaban J connectivity index is 2.61. The Kier molecular flexibility index (Phi) is 4.68. The van der Waals surface area contributed by atoms with Crippen LogP contribution in [0.1, 0.15) is 39.4 Å². The van der Waals surface area contributed by atoms with E-state index in [1.807, 2.05) is 13.8 Å². The molecule has 0 saturated carbocycles. The molecule has 0 amide bonds. The van der Waals surface area contributed by atoms with Crippen LogP contribution in [0.5, 0.6) is 5.75 Å². The molecule has 16 heavy (non-hydrogen) atoms. The maximum absolute atomic E-state index is 9.18. The van der Waals surface area contributed by atoms with Gasteiger partial charge in [-0.15, -0.1) is 0 Å². The van der Waals surface area contributed by atoms with Gasteiger partial charge in [-0.3, -0.25) is 0 Å². The number of unbranched alkanes of at least 4 members (excludes halogenated alkanes) is 1. The zero-order valence-electron chi connectivity index (χ0n) is 10.2. The van der Waals surface area contributed by atoms with Gasteiger partial charge in [-0.1, -0.05) is 27.2 Å². The highest BCUT2D eigenvalue weighted by Gasteiger charge is 2.22. The maximum atomic E-state index is 9.18. The summed E-state index contributed by atoms with van der Waals surface area (Å²) < 4.78 is 5.46. The van der Waals surface area contributed by atoms with Gasteiger partial charge in [0, 0.05) is 5.41 Å². The summed E-state index contributed by atoms with van der Waals surface area (Å²) in [6, 6.07) is 0. The molecule has 0 aliphatic carbocycles. The molecule has 0 bridgehead atoms. The van der Waals surface area contributed by atoms with E-state index in [1.165, 1.54) is 0 Å². The minimum Gasteiger partial charge on any atom is -0.490 e. The first kappa shape index (κ1) is 12.9. The van der Waals surface area contributed by atoms with Crippen molar-refractivity contribution in [1.82, 2.24) is 9.97 Å². The quantitative estimate of drug-likeness (QED) is 0.750. The molecule has 0 saturated heterocycles. The molecule has 0 atom stereocenters. The number of hydrogen-bond acceptors (Lipinski definition) is 4. The highest BCUT2D eigenvalue weighted by atomic mass is 16.5. The average Bonchev–Trinajstić information content (AvgIpc) is 2.30. The molecule has 0 radical (unpaired) electrons. The first-order valence-corrected chi connectivity index (χ1v) is 5.66. The van der Waals surface area contributed by atoms with Crippen molar-refractivity contribution in [1.29, 1.82) is 0 Å². The van der Waals surface area contributed by atoms with Crippen LogP contribution < -0.4 is 4.74 Å². The van der Waals surface area contributed by atoms with Crippen LogP contribution in [-0.2, 0) is 5.41 Å². The molecule has 1 N–H and O–H groups in total. The molecule has 4 heteroatoms. The van der Waals surface area contributed by atoms with E-state index in [0.29, 0.717) is 18.2 Å². The lowest BCUT2D eigenvalue weighted by Crippen LogP contribution is -2.25. The summed E-state index contributed by atoms with van der Waals surface area (Å²) in [6.45, 7) is 6.65. The third kappa shape index (κ3) is 3.45. The third-order valence-electron chi connectivity index (χ3n) is 2.40. The van der Waals surface area contributed by atoms with Gasteiger partial charge in [-0.25, -0.2) is 9.97 Å². The van der Waals surface area contributed by atoms with Crippen LogP contribution >= 0.6 is 0 Å². The Morgan fingerprint density at radius 3 is 2.44 bits per heavy atom. The normalized spacial score (nSPS) is 11.5. The molecule has 0 fully saturated rings. The Morgan fingerprint density at radius 1 is 1.31 bits per heavy atom. The van der Waals surface area contributed by atoms with E-state index in [-0.39, 0.29) is 6.61 Å². The summed E-state index contributed by atoms with van der Waals surface area (Å²) in [5.74, 6) is 1.32. The lowest BCUT2D eigenvalue weighted by atomic mass is 9.94. The molecule has 0 unspecified atom stereocenters. The van der Waals surface area contributed by atoms with E-state index < -0.39 is 5.41 Å². The van der Waals surface area contributed by atoms with Crippen molar-refractivity contribution in [2.24, 2.45) is 0 Å². The molecule has 0 aliphatic rings. The van der Waals surface area contributed by atoms with Gasteiger partial charge < -0.3 is 9.84 Å². The van der Waals surface area contributed by atoms with Crippen LogP contribution in [0.3, 0.4) is 0 Å². The minimum atomic E-state index is -0.401. The van der Waals surface area contributed by atoms with Crippen LogP contribution in [0.2, 0.25) is 0 Å². The van der Waals surface area contributed by atoms with Gasteiger partial charge in [-0.2, -0.15) is 0 Å². The summed E-state index contributed by atoms with van der Waals surface area (Å²) in [5.41, 5.74) is -0.401. The van der Waals surface area contributed by atoms with Crippen LogP contribution in [-0.4, -0.2) is 28.3 Å². The Morgan fingerprint density at radius 2 is 1.94 bits per heavy atom. The number of rotatable bonds is 6. The van der Waals surface area contributed by atoms with Gasteiger partial charge in [-0.05, 0) is 6.42 Å². The minimum absolute atomic E-state index is 0.0308. The number of ether oxygens (including phenoxy) is 1. The monoisotopic (exact) mass is 224 g/mol. The Bertz CT molecular complexity index is 309. The highest BCUT2D eigenvalue weighted by Crippen LogP contribution is 2.19. The number of nitrogens with zero attached hydrogens (tertiary/aromatic N) is 2. The first-order chi connectivity index (χ1) is 7.60. The van der Waals surface area contributed by atoms with Gasteiger partial charge in [0.05, 0.1) is 25.6 Å². The van der Waals surface area contributed by atoms with Crippen molar-refractivity contribution in [2.45, 2.75) is 39.0 Å². The van der Waals surface area contributed by atoms with Crippen molar-refractivity contribution < 1.29 is 9.84 Å². The maximum Gasteiger partial charge on any atom is 0.155 e. The molecular formula is C12H20N2O2. The molecule has 0 aromatic carbocycles. The molecule has 1 rings (SSSR count). The van der Waals surface area contributed by atoms with E-state index in [0.717, 1.165) is 12.8 Å². The standard InChI is InChI=1S/C12H20N2O2/c1-4-5-6-16-10-7-13-11(14-8-10)12(2,3)9-15/h7-8,15H,4-6,9H2,1-3H3. The summed E-state index contributed by atoms with van der Waals surface area (Å²) >= 11 is 0. The predicted molar refractivity (Wildman–Crippen MR) is 62.5 cm³/mol. The van der Waals surface area contributed by atoms with Crippen molar-refractivity contribution in [3.63, 3.8) is 0 Å². The summed E-state index contributed by atoms with van der Waals surface area (Å²) in [6.07, 6.45) is 5.46. The summed E-state index contributed by atoms with van der Waals surface area (Å²) in [7, 11) is 0. The fourth-order valence-electron chi connectivity index (χ4n) is 1.15. The molecule has 4 nitrogen and oxygen atoms in total. The van der Waals surface area contributed by atoms with E-state index in [2.05, 4.69) is 16.9 Å². The van der Waals surface area contributed by atoms with Gasteiger partial charge >= 0.3 is 0 Å². The largest absolute Gasteiger partial charge is 0.490 e. The molecule has 0 aliphatic heterocycles. The summed E-state index contributed by atoms with van der Waals surface area (Å²) in [4.78, 5) is 8.41. The molecule has 1 aromatic rings. The Labute approximate surface area is 96.7 Å². The second-order valence-corrected chi connectivity index (χ2v) is 4.49. The highest BCUT2D eigenvalue weighted by molar-refractivity contribution is 5.15. The van der Waals surface area contributed by atoms with Crippen molar-refractivity contribution in [3.8, 4) is 5.75 Å². The molecular weight excluding hydrogens is 204 g/mol. The number of hydrogen-bond donors (Lipinski definition) is 1. The second kappa shape index (κ2) is 5.80. The van der Waals surface area contributed by atoms with Crippen LogP contribution in [0.15, 0.2) is 12.4 Å². The van der Waals surface area contributed by atoms with E-state index in [1.54, 1.807) is 12.4 Å². The lowest BCUT2D eigenvalue weighted by molar-refractivity contribution is 0.211. The fraction of sp³-hybridized carbons (Fsp3) is 0.667. The van der Waals surface area contributed by atoms with Crippen LogP contribution in [0.25, 0.3) is 0 Å². The molecule has 1 heterocycles. The second-order valence-electron chi connectivity index (χ2n) is 4.49. The Hall–Kier alpha value is -1.16. The zero-order valence-corrected chi connectivity index (χ0v) is 10.2. The zero-order chi connectivity index (χ0) is 12.0. The topological polar surface area (TPSA) is 55.2 Å². The van der Waals surface area contributed by atoms with Gasteiger partial charge in [0.2, 0.25) is 0 Å². The first-order valence-electron chi connectivity index (χ1n) is 5.66. The van der Waals surface area contributed by atoms with E-state index in [4.69, 9.17) is 4.74 Å². The average molecular weight is 224 g/mol. The molecule has 1 aromatic heterocycles. The molecule has 0 spiro atoms. The van der Waals surface area contributed by atoms with E-state index in [9.17, 15) is 5.11 Å². The fourth-order valence-corrected chi connectivity index (χ4v) is 1.15. The number of aromatic nitrogens is 2. The van der Waals surface area contributed by atoms with Crippen LogP contribution in [0.4, 0.5) is 0 Å². The van der Waals surface area contributed by atoms with Crippen molar-refractivity contribution >= 4 is 0 Å². The smallest absolute Gasteiger partial charge is 0.155 e. The van der Waals surface area contributed by atoms with Crippen molar-refractivity contribution in [2.75, 3.05) is 13.2 Å². The van der Waals surface area contributed by atoms with Crippen molar-refractivity contribution in [3.05, 3.63) is 18.2 Å². The molecule has 90 valence electrons. The van der Waals surface area contributed by atoms with Gasteiger partial charge in [0.1, 0.15) is 5.82 Å². The lowest BCUT2D eigenvalue weighted by Gasteiger charge is -2.19.